The van der Waals surface area contributed by atoms with Crippen LogP contribution in [0.1, 0.15) is 29.2 Å². The van der Waals surface area contributed by atoms with Crippen LogP contribution >= 0.6 is 23.4 Å². The van der Waals surface area contributed by atoms with Gasteiger partial charge in [0.2, 0.25) is 0 Å². The van der Waals surface area contributed by atoms with Crippen molar-refractivity contribution in [3.8, 4) is 11.5 Å². The molecule has 5 nitrogen and oxygen atoms in total. The van der Waals surface area contributed by atoms with Crippen LogP contribution < -0.4 is 14.4 Å². The van der Waals surface area contributed by atoms with Crippen molar-refractivity contribution in [3.05, 3.63) is 92.8 Å². The van der Waals surface area contributed by atoms with Gasteiger partial charge in [0, 0.05) is 5.02 Å². The first-order valence-electron chi connectivity index (χ1n) is 10.9. The molecule has 0 spiro atoms. The Morgan fingerprint density at radius 2 is 1.74 bits per heavy atom. The van der Waals surface area contributed by atoms with Crippen molar-refractivity contribution in [2.75, 3.05) is 11.5 Å². The smallest absolute Gasteiger partial charge is 0.298 e. The molecule has 0 atom stereocenters. The number of carbonyl (C=O) groups excluding carboxylic acids is 2. The standard InChI is InChI=1S/C27H24ClNO4S/c1-4-32-24-14-20(10-13-23(24)33-16-19-8-11-21(28)12-9-19)15-25-26(30)29(27(31)34-25)22-7-5-6-17(2)18(22)3/h5-15H,4,16H2,1-3H3/b25-15-. The molecular weight excluding hydrogens is 470 g/mol. The lowest BCUT2D eigenvalue weighted by atomic mass is 10.1. The topological polar surface area (TPSA) is 55.8 Å². The molecule has 0 radical (unpaired) electrons. The minimum Gasteiger partial charge on any atom is -0.490 e. The predicted molar refractivity (Wildman–Crippen MR) is 138 cm³/mol. The van der Waals surface area contributed by atoms with Crippen molar-refractivity contribution in [3.63, 3.8) is 0 Å². The Morgan fingerprint density at radius 1 is 0.971 bits per heavy atom. The molecule has 0 bridgehead atoms. The molecule has 3 aromatic rings. The zero-order chi connectivity index (χ0) is 24.2. The first-order valence-corrected chi connectivity index (χ1v) is 12.0. The van der Waals surface area contributed by atoms with Crippen LogP contribution in [0.4, 0.5) is 10.5 Å². The number of anilines is 1. The van der Waals surface area contributed by atoms with E-state index in [0.29, 0.717) is 40.3 Å². The van der Waals surface area contributed by atoms with Crippen LogP contribution in [0.2, 0.25) is 5.02 Å². The fraction of sp³-hybridized carbons (Fsp3) is 0.185. The number of amides is 2. The number of ether oxygens (including phenoxy) is 2. The van der Waals surface area contributed by atoms with Crippen LogP contribution in [0.3, 0.4) is 0 Å². The Morgan fingerprint density at radius 3 is 2.47 bits per heavy atom. The van der Waals surface area contributed by atoms with Crippen LogP contribution in [0.5, 0.6) is 11.5 Å². The highest BCUT2D eigenvalue weighted by Gasteiger charge is 2.37. The molecule has 0 N–H and O–H groups in total. The minimum absolute atomic E-state index is 0.308. The zero-order valence-corrected chi connectivity index (χ0v) is 20.7. The van der Waals surface area contributed by atoms with E-state index in [1.807, 2.05) is 75.4 Å². The van der Waals surface area contributed by atoms with Gasteiger partial charge in [-0.05, 0) is 91.2 Å². The van der Waals surface area contributed by atoms with E-state index in [1.54, 1.807) is 12.1 Å². The summed E-state index contributed by atoms with van der Waals surface area (Å²) in [5.41, 5.74) is 4.28. The lowest BCUT2D eigenvalue weighted by Crippen LogP contribution is -2.28. The average molecular weight is 494 g/mol. The summed E-state index contributed by atoms with van der Waals surface area (Å²) in [4.78, 5) is 27.4. The van der Waals surface area contributed by atoms with Crippen molar-refractivity contribution in [2.24, 2.45) is 0 Å². The number of aryl methyl sites for hydroxylation is 1. The van der Waals surface area contributed by atoms with Crippen LogP contribution in [0, 0.1) is 13.8 Å². The first kappa shape index (κ1) is 23.9. The maximum Gasteiger partial charge on any atom is 0.298 e. The Labute approximate surface area is 208 Å². The van der Waals surface area contributed by atoms with Crippen molar-refractivity contribution in [1.29, 1.82) is 0 Å². The molecule has 174 valence electrons. The maximum atomic E-state index is 13.1. The first-order chi connectivity index (χ1) is 16.4. The number of nitrogens with zero attached hydrogens (tertiary/aromatic N) is 1. The fourth-order valence-corrected chi connectivity index (χ4v) is 4.51. The average Bonchev–Trinajstić information content (AvgIpc) is 3.09. The number of rotatable bonds is 7. The third kappa shape index (κ3) is 5.13. The van der Waals surface area contributed by atoms with Gasteiger partial charge < -0.3 is 9.47 Å². The summed E-state index contributed by atoms with van der Waals surface area (Å²) in [5.74, 6) is 0.834. The van der Waals surface area contributed by atoms with E-state index in [9.17, 15) is 9.59 Å². The van der Waals surface area contributed by atoms with Crippen molar-refractivity contribution in [1.82, 2.24) is 0 Å². The lowest BCUT2D eigenvalue weighted by Gasteiger charge is -2.16. The van der Waals surface area contributed by atoms with Gasteiger partial charge in [-0.3, -0.25) is 9.59 Å². The maximum absolute atomic E-state index is 13.1. The van der Waals surface area contributed by atoms with Gasteiger partial charge in [-0.15, -0.1) is 0 Å². The van der Waals surface area contributed by atoms with Crippen molar-refractivity contribution in [2.45, 2.75) is 27.4 Å². The number of benzene rings is 3. The van der Waals surface area contributed by atoms with E-state index < -0.39 is 0 Å². The summed E-state index contributed by atoms with van der Waals surface area (Å²) in [6.07, 6.45) is 1.71. The summed E-state index contributed by atoms with van der Waals surface area (Å²) in [7, 11) is 0. The summed E-state index contributed by atoms with van der Waals surface area (Å²) < 4.78 is 11.7. The zero-order valence-electron chi connectivity index (χ0n) is 19.1. The van der Waals surface area contributed by atoms with E-state index >= 15 is 0 Å². The molecule has 0 unspecified atom stereocenters. The Hall–Kier alpha value is -3.22. The van der Waals surface area contributed by atoms with Gasteiger partial charge in [0.1, 0.15) is 6.61 Å². The molecule has 2 amide bonds. The molecule has 7 heteroatoms. The van der Waals surface area contributed by atoms with Gasteiger partial charge >= 0.3 is 0 Å². The molecule has 0 aromatic heterocycles. The lowest BCUT2D eigenvalue weighted by molar-refractivity contribution is -0.113. The van der Waals surface area contributed by atoms with Gasteiger partial charge in [0.05, 0.1) is 17.2 Å². The van der Waals surface area contributed by atoms with Gasteiger partial charge in [-0.2, -0.15) is 0 Å². The summed E-state index contributed by atoms with van der Waals surface area (Å²) in [5, 5.41) is 0.364. The van der Waals surface area contributed by atoms with Crippen LogP contribution in [-0.2, 0) is 11.4 Å². The second-order valence-corrected chi connectivity index (χ2v) is 9.22. The number of imide groups is 1. The van der Waals surface area contributed by atoms with Gasteiger partial charge in [-0.1, -0.05) is 41.9 Å². The predicted octanol–water partition coefficient (Wildman–Crippen LogP) is 7.18. The Balaban J connectivity index is 1.56. The third-order valence-corrected chi connectivity index (χ3v) is 6.61. The van der Waals surface area contributed by atoms with Crippen LogP contribution in [-0.4, -0.2) is 17.8 Å². The molecule has 34 heavy (non-hydrogen) atoms. The molecule has 1 fully saturated rings. The van der Waals surface area contributed by atoms with Crippen molar-refractivity contribution >= 4 is 46.3 Å². The minimum atomic E-state index is -0.329. The Bertz CT molecular complexity index is 1270. The SMILES string of the molecule is CCOc1cc(/C=C2\SC(=O)N(c3cccc(C)c3C)C2=O)ccc1OCc1ccc(Cl)cc1. The van der Waals surface area contributed by atoms with Crippen LogP contribution in [0.25, 0.3) is 6.08 Å². The highest BCUT2D eigenvalue weighted by Crippen LogP contribution is 2.38. The fourth-order valence-electron chi connectivity index (χ4n) is 3.55. The summed E-state index contributed by atoms with van der Waals surface area (Å²) in [6, 6.07) is 18.5. The number of carbonyl (C=O) groups is 2. The second-order valence-electron chi connectivity index (χ2n) is 7.79. The highest BCUT2D eigenvalue weighted by molar-refractivity contribution is 8.19. The third-order valence-electron chi connectivity index (χ3n) is 5.48. The summed E-state index contributed by atoms with van der Waals surface area (Å²) >= 11 is 6.88. The molecule has 0 aliphatic carbocycles. The second kappa shape index (κ2) is 10.4. The molecule has 1 saturated heterocycles. The largest absolute Gasteiger partial charge is 0.490 e. The quantitative estimate of drug-likeness (QED) is 0.326. The van der Waals surface area contributed by atoms with Gasteiger partial charge in [0.15, 0.2) is 11.5 Å². The Kier molecular flexibility index (Phi) is 7.29. The summed E-state index contributed by atoms with van der Waals surface area (Å²) in [6.45, 7) is 6.59. The molecular formula is C27H24ClNO4S. The molecule has 1 heterocycles. The molecule has 3 aromatic carbocycles. The van der Waals surface area contributed by atoms with E-state index in [1.165, 1.54) is 4.90 Å². The molecule has 0 saturated carbocycles. The normalized spacial score (nSPS) is 14.7. The van der Waals surface area contributed by atoms with Gasteiger partial charge in [0.25, 0.3) is 11.1 Å². The van der Waals surface area contributed by atoms with Gasteiger partial charge in [-0.25, -0.2) is 4.90 Å². The number of hydrogen-bond acceptors (Lipinski definition) is 5. The number of thioether (sulfide) groups is 1. The molecule has 1 aliphatic rings. The number of halogens is 1. The monoisotopic (exact) mass is 493 g/mol. The van der Waals surface area contributed by atoms with E-state index in [2.05, 4.69) is 0 Å². The van der Waals surface area contributed by atoms with E-state index in [0.717, 1.165) is 34.0 Å². The highest BCUT2D eigenvalue weighted by atomic mass is 35.5. The van der Waals surface area contributed by atoms with Crippen molar-refractivity contribution < 1.29 is 19.1 Å². The molecule has 1 aliphatic heterocycles. The van der Waals surface area contributed by atoms with Crippen LogP contribution in [0.15, 0.2) is 65.6 Å². The van der Waals surface area contributed by atoms with E-state index in [-0.39, 0.29) is 11.1 Å². The van der Waals surface area contributed by atoms with E-state index in [4.69, 9.17) is 21.1 Å². The number of hydrogen-bond donors (Lipinski definition) is 0. The molecule has 4 rings (SSSR count).